The van der Waals surface area contributed by atoms with Crippen LogP contribution in [0.1, 0.15) is 26.3 Å². The molecule has 0 amide bonds. The van der Waals surface area contributed by atoms with Gasteiger partial charge in [-0.25, -0.2) is 4.79 Å². The van der Waals surface area contributed by atoms with Crippen LogP contribution in [0.5, 0.6) is 0 Å². The van der Waals surface area contributed by atoms with Gasteiger partial charge in [0.05, 0.1) is 5.39 Å². The van der Waals surface area contributed by atoms with E-state index in [0.29, 0.717) is 11.1 Å². The summed E-state index contributed by atoms with van der Waals surface area (Å²) < 4.78 is 5.42. The summed E-state index contributed by atoms with van der Waals surface area (Å²) >= 11 is 0. The van der Waals surface area contributed by atoms with E-state index in [2.05, 4.69) is 37.9 Å². The molecule has 0 saturated carbocycles. The Morgan fingerprint density at radius 2 is 1.76 bits per heavy atom. The smallest absolute Gasteiger partial charge is 0.344 e. The molecule has 3 aromatic rings. The maximum Gasteiger partial charge on any atom is 0.344 e. The fourth-order valence-electron chi connectivity index (χ4n) is 2.31. The predicted molar refractivity (Wildman–Crippen MR) is 84.4 cm³/mol. The Hall–Kier alpha value is -2.42. The van der Waals surface area contributed by atoms with Crippen LogP contribution in [0, 0.1) is 0 Å². The predicted octanol–water partition coefficient (Wildman–Crippen LogP) is 4.15. The number of nitrogens with zero attached hydrogens (tertiary/aromatic N) is 1. The first-order valence-corrected chi connectivity index (χ1v) is 6.94. The van der Waals surface area contributed by atoms with Crippen molar-refractivity contribution < 1.29 is 4.42 Å². The van der Waals surface area contributed by atoms with Crippen LogP contribution in [0.15, 0.2) is 58.0 Å². The van der Waals surface area contributed by atoms with Gasteiger partial charge in [-0.05, 0) is 23.1 Å². The van der Waals surface area contributed by atoms with E-state index in [0.717, 1.165) is 10.9 Å². The summed E-state index contributed by atoms with van der Waals surface area (Å²) in [6.45, 7) is 6.51. The quantitative estimate of drug-likeness (QED) is 0.672. The lowest BCUT2D eigenvalue weighted by Crippen LogP contribution is -2.10. The molecule has 2 heterocycles. The van der Waals surface area contributed by atoms with Gasteiger partial charge >= 0.3 is 5.63 Å². The van der Waals surface area contributed by atoms with Crippen LogP contribution in [-0.4, -0.2) is 4.98 Å². The molecule has 0 bridgehead atoms. The molecule has 106 valence electrons. The first kappa shape index (κ1) is 13.6. The van der Waals surface area contributed by atoms with Crippen LogP contribution in [0.3, 0.4) is 0 Å². The van der Waals surface area contributed by atoms with Crippen molar-refractivity contribution in [1.82, 2.24) is 4.98 Å². The molecule has 0 fully saturated rings. The molecule has 3 heteroatoms. The van der Waals surface area contributed by atoms with E-state index in [1.54, 1.807) is 18.5 Å². The third kappa shape index (κ3) is 2.59. The highest BCUT2D eigenvalue weighted by Crippen LogP contribution is 2.26. The summed E-state index contributed by atoms with van der Waals surface area (Å²) in [7, 11) is 0. The Kier molecular flexibility index (Phi) is 3.13. The molecule has 21 heavy (non-hydrogen) atoms. The minimum absolute atomic E-state index is 0.104. The van der Waals surface area contributed by atoms with Crippen molar-refractivity contribution in [2.24, 2.45) is 0 Å². The Balaban J connectivity index is 2.10. The second-order valence-electron chi connectivity index (χ2n) is 6.19. The van der Waals surface area contributed by atoms with Crippen LogP contribution in [0.25, 0.3) is 22.1 Å². The first-order valence-electron chi connectivity index (χ1n) is 6.94. The van der Waals surface area contributed by atoms with Crippen LogP contribution in [0.2, 0.25) is 0 Å². The van der Waals surface area contributed by atoms with E-state index in [1.807, 2.05) is 18.2 Å². The van der Waals surface area contributed by atoms with Crippen molar-refractivity contribution in [3.63, 3.8) is 0 Å². The lowest BCUT2D eigenvalue weighted by molar-refractivity contribution is 0.534. The highest BCUT2D eigenvalue weighted by molar-refractivity contribution is 5.83. The van der Waals surface area contributed by atoms with Gasteiger partial charge in [-0.15, -0.1) is 0 Å². The minimum atomic E-state index is -0.329. The fourth-order valence-corrected chi connectivity index (χ4v) is 2.31. The minimum Gasteiger partial charge on any atom is -0.422 e. The number of hydrogen-bond acceptors (Lipinski definition) is 3. The fraction of sp³-hybridized carbons (Fsp3) is 0.222. The summed E-state index contributed by atoms with van der Waals surface area (Å²) in [6.07, 6.45) is 3.27. The van der Waals surface area contributed by atoms with Gasteiger partial charge in [-0.1, -0.05) is 45.0 Å². The Labute approximate surface area is 123 Å². The highest BCUT2D eigenvalue weighted by Gasteiger charge is 2.14. The summed E-state index contributed by atoms with van der Waals surface area (Å²) in [5.41, 5.74) is 1.92. The van der Waals surface area contributed by atoms with Crippen molar-refractivity contribution in [3.8, 4) is 11.3 Å². The van der Waals surface area contributed by atoms with Crippen molar-refractivity contribution in [2.45, 2.75) is 26.2 Å². The van der Waals surface area contributed by atoms with Gasteiger partial charge in [0, 0.05) is 23.3 Å². The van der Waals surface area contributed by atoms with Crippen LogP contribution in [-0.2, 0) is 5.41 Å². The molecule has 0 aliphatic rings. The average Bonchev–Trinajstić information content (AvgIpc) is 2.46. The molecule has 0 radical (unpaired) electrons. The standard InChI is InChI=1S/C18H17NO2/c1-18(2,3)14-6-4-12(5-7-14)16-10-13-11-19-9-8-15(13)17(20)21-16/h4-11H,1-3H3. The van der Waals surface area contributed by atoms with Crippen molar-refractivity contribution >= 4 is 10.8 Å². The number of rotatable bonds is 1. The number of aromatic nitrogens is 1. The van der Waals surface area contributed by atoms with Gasteiger partial charge in [0.15, 0.2) is 0 Å². The second-order valence-corrected chi connectivity index (χ2v) is 6.19. The van der Waals surface area contributed by atoms with E-state index in [-0.39, 0.29) is 11.0 Å². The van der Waals surface area contributed by atoms with E-state index in [9.17, 15) is 4.79 Å². The third-order valence-electron chi connectivity index (χ3n) is 3.60. The Bertz CT molecular complexity index is 839. The Morgan fingerprint density at radius 3 is 2.43 bits per heavy atom. The van der Waals surface area contributed by atoms with Gasteiger partial charge in [0.2, 0.25) is 0 Å². The molecule has 0 aliphatic carbocycles. The van der Waals surface area contributed by atoms with E-state index < -0.39 is 0 Å². The van der Waals surface area contributed by atoms with Crippen LogP contribution in [0.4, 0.5) is 0 Å². The summed E-state index contributed by atoms with van der Waals surface area (Å²) in [5.74, 6) is 0.570. The molecule has 2 aromatic heterocycles. The number of benzene rings is 1. The molecular weight excluding hydrogens is 262 g/mol. The zero-order valence-electron chi connectivity index (χ0n) is 12.4. The maximum absolute atomic E-state index is 12.0. The van der Waals surface area contributed by atoms with E-state index >= 15 is 0 Å². The van der Waals surface area contributed by atoms with Crippen molar-refractivity contribution in [1.29, 1.82) is 0 Å². The van der Waals surface area contributed by atoms with E-state index in [4.69, 9.17) is 4.42 Å². The first-order chi connectivity index (χ1) is 9.95. The van der Waals surface area contributed by atoms with E-state index in [1.165, 1.54) is 5.56 Å². The van der Waals surface area contributed by atoms with Gasteiger partial charge in [0.25, 0.3) is 0 Å². The second kappa shape index (κ2) is 4.85. The molecule has 0 atom stereocenters. The maximum atomic E-state index is 12.0. The molecule has 0 spiro atoms. The average molecular weight is 279 g/mol. The molecule has 1 aromatic carbocycles. The number of pyridine rings is 1. The molecule has 0 N–H and O–H groups in total. The van der Waals surface area contributed by atoms with Crippen LogP contribution < -0.4 is 5.63 Å². The third-order valence-corrected chi connectivity index (χ3v) is 3.60. The normalized spacial score (nSPS) is 11.8. The lowest BCUT2D eigenvalue weighted by Gasteiger charge is -2.19. The zero-order valence-corrected chi connectivity index (χ0v) is 12.4. The lowest BCUT2D eigenvalue weighted by atomic mass is 9.86. The van der Waals surface area contributed by atoms with Gasteiger partial charge in [-0.2, -0.15) is 0 Å². The SMILES string of the molecule is CC(C)(C)c1ccc(-c2cc3cnccc3c(=O)o2)cc1. The molecule has 3 nitrogen and oxygen atoms in total. The number of hydrogen-bond donors (Lipinski definition) is 0. The van der Waals surface area contributed by atoms with Crippen LogP contribution >= 0.6 is 0 Å². The summed E-state index contributed by atoms with van der Waals surface area (Å²) in [4.78, 5) is 16.1. The van der Waals surface area contributed by atoms with Gasteiger partial charge in [-0.3, -0.25) is 4.98 Å². The zero-order chi connectivity index (χ0) is 15.0. The van der Waals surface area contributed by atoms with Crippen molar-refractivity contribution in [3.05, 3.63) is 64.8 Å². The summed E-state index contributed by atoms with van der Waals surface area (Å²) in [6, 6.07) is 11.6. The molecule has 3 rings (SSSR count). The number of fused-ring (bicyclic) bond motifs is 1. The molecule has 0 aliphatic heterocycles. The topological polar surface area (TPSA) is 43.1 Å². The molecule has 0 saturated heterocycles. The Morgan fingerprint density at radius 1 is 1.05 bits per heavy atom. The largest absolute Gasteiger partial charge is 0.422 e. The molecule has 0 unspecified atom stereocenters. The monoisotopic (exact) mass is 279 g/mol. The summed E-state index contributed by atoms with van der Waals surface area (Å²) in [5, 5.41) is 1.35. The molecular formula is C18H17NO2. The van der Waals surface area contributed by atoms with Gasteiger partial charge in [0.1, 0.15) is 5.76 Å². The highest BCUT2D eigenvalue weighted by atomic mass is 16.4. The van der Waals surface area contributed by atoms with Gasteiger partial charge < -0.3 is 4.42 Å². The van der Waals surface area contributed by atoms with Crippen molar-refractivity contribution in [2.75, 3.05) is 0 Å².